The Morgan fingerprint density at radius 2 is 2.00 bits per heavy atom. The molecule has 0 aliphatic carbocycles. The van der Waals surface area contributed by atoms with Crippen LogP contribution in [-0.4, -0.2) is 18.7 Å². The molecule has 3 nitrogen and oxygen atoms in total. The van der Waals surface area contributed by atoms with E-state index >= 15 is 0 Å². The molecule has 0 radical (unpaired) electrons. The third-order valence-electron chi connectivity index (χ3n) is 1.88. The molecule has 1 rings (SSSR count). The van der Waals surface area contributed by atoms with E-state index in [4.69, 9.17) is 0 Å². The zero-order valence-corrected chi connectivity index (χ0v) is 8.34. The molecule has 0 aromatic heterocycles. The quantitative estimate of drug-likeness (QED) is 0.655. The lowest BCUT2D eigenvalue weighted by Gasteiger charge is -2.09. The van der Waals surface area contributed by atoms with Crippen molar-refractivity contribution in [3.63, 3.8) is 0 Å². The summed E-state index contributed by atoms with van der Waals surface area (Å²) < 4.78 is 50.0. The molecule has 0 atom stereocenters. The predicted molar refractivity (Wildman–Crippen MR) is 49.8 cm³/mol. The highest BCUT2D eigenvalue weighted by atomic mass is 19.4. The number of aldehydes is 1. The highest BCUT2D eigenvalue weighted by Gasteiger charge is 2.31. The Balaban J connectivity index is 3.06. The second kappa shape index (κ2) is 4.94. The Bertz CT molecular complexity index is 442. The molecule has 7 heteroatoms. The Kier molecular flexibility index (Phi) is 3.82. The fourth-order valence-electron chi connectivity index (χ4n) is 1.11. The van der Waals surface area contributed by atoms with Gasteiger partial charge >= 0.3 is 6.18 Å². The van der Waals surface area contributed by atoms with Crippen LogP contribution in [0.3, 0.4) is 0 Å². The number of nitrogens with one attached hydrogen (secondary N) is 1. The summed E-state index contributed by atoms with van der Waals surface area (Å²) in [5.41, 5.74) is -1.88. The van der Waals surface area contributed by atoms with Crippen molar-refractivity contribution in [1.29, 1.82) is 0 Å². The number of carbonyl (C=O) groups excluding carboxylic acids is 2. The second-order valence-electron chi connectivity index (χ2n) is 3.07. The van der Waals surface area contributed by atoms with Gasteiger partial charge in [0.15, 0.2) is 0 Å². The van der Waals surface area contributed by atoms with Crippen molar-refractivity contribution in [3.8, 4) is 0 Å². The van der Waals surface area contributed by atoms with Crippen molar-refractivity contribution in [2.75, 3.05) is 6.54 Å². The number of rotatable bonds is 3. The number of hydrogen-bond donors (Lipinski definition) is 1. The maximum Gasteiger partial charge on any atom is 0.416 e. The molecule has 0 aliphatic heterocycles. The monoisotopic (exact) mass is 249 g/mol. The molecule has 0 heterocycles. The largest absolute Gasteiger partial charge is 0.416 e. The summed E-state index contributed by atoms with van der Waals surface area (Å²) >= 11 is 0. The van der Waals surface area contributed by atoms with E-state index in [2.05, 4.69) is 0 Å². The Hall–Kier alpha value is -1.92. The minimum Gasteiger partial charge on any atom is -0.345 e. The highest BCUT2D eigenvalue weighted by Crippen LogP contribution is 2.30. The van der Waals surface area contributed by atoms with Crippen LogP contribution in [0.1, 0.15) is 15.9 Å². The first-order chi connectivity index (χ1) is 7.86. The van der Waals surface area contributed by atoms with E-state index in [1.165, 1.54) is 0 Å². The van der Waals surface area contributed by atoms with E-state index in [1.807, 2.05) is 5.32 Å². The fraction of sp³-hybridized carbons (Fsp3) is 0.200. The van der Waals surface area contributed by atoms with Crippen molar-refractivity contribution in [3.05, 3.63) is 35.1 Å². The molecule has 0 fully saturated rings. The number of alkyl halides is 3. The Labute approximate surface area is 93.4 Å². The van der Waals surface area contributed by atoms with Gasteiger partial charge in [-0.05, 0) is 18.2 Å². The van der Waals surface area contributed by atoms with Crippen molar-refractivity contribution < 1.29 is 27.2 Å². The van der Waals surface area contributed by atoms with Gasteiger partial charge < -0.3 is 10.1 Å². The van der Waals surface area contributed by atoms with Crippen LogP contribution in [0.2, 0.25) is 0 Å². The van der Waals surface area contributed by atoms with Gasteiger partial charge in [-0.3, -0.25) is 4.79 Å². The number of carbonyl (C=O) groups is 2. The van der Waals surface area contributed by atoms with Gasteiger partial charge in [-0.1, -0.05) is 0 Å². The summed E-state index contributed by atoms with van der Waals surface area (Å²) in [6.45, 7) is -0.394. The number of hydrogen-bond acceptors (Lipinski definition) is 2. The molecular formula is C10H7F4NO2. The molecule has 0 saturated carbocycles. The third-order valence-corrected chi connectivity index (χ3v) is 1.88. The molecule has 0 aliphatic rings. The average Bonchev–Trinajstić information content (AvgIpc) is 2.24. The Morgan fingerprint density at radius 3 is 2.53 bits per heavy atom. The standard InChI is InChI=1S/C10H7F4NO2/c11-8-2-1-6(10(12,13)14)5-7(8)9(17)15-3-4-16/h1-2,4-5H,3H2,(H,15,17). The molecule has 0 saturated heterocycles. The minimum absolute atomic E-state index is 0.337. The van der Waals surface area contributed by atoms with Gasteiger partial charge in [0, 0.05) is 0 Å². The lowest BCUT2D eigenvalue weighted by atomic mass is 10.1. The number of benzene rings is 1. The van der Waals surface area contributed by atoms with Gasteiger partial charge in [0.2, 0.25) is 0 Å². The second-order valence-corrected chi connectivity index (χ2v) is 3.07. The maximum atomic E-state index is 13.1. The van der Waals surface area contributed by atoms with E-state index < -0.39 is 35.6 Å². The van der Waals surface area contributed by atoms with Crippen molar-refractivity contribution in [2.45, 2.75) is 6.18 Å². The van der Waals surface area contributed by atoms with Gasteiger partial charge in [0.1, 0.15) is 12.1 Å². The summed E-state index contributed by atoms with van der Waals surface area (Å²) in [5, 5.41) is 1.95. The number of amides is 1. The molecule has 0 bridgehead atoms. The van der Waals surface area contributed by atoms with Crippen LogP contribution in [0.5, 0.6) is 0 Å². The molecule has 1 N–H and O–H groups in total. The summed E-state index contributed by atoms with van der Waals surface area (Å²) in [7, 11) is 0. The molecule has 0 spiro atoms. The average molecular weight is 249 g/mol. The maximum absolute atomic E-state index is 13.1. The lowest BCUT2D eigenvalue weighted by Crippen LogP contribution is -2.26. The van der Waals surface area contributed by atoms with Gasteiger partial charge in [-0.15, -0.1) is 0 Å². The normalized spacial score (nSPS) is 11.1. The summed E-state index contributed by atoms with van der Waals surface area (Å²) in [6, 6.07) is 1.49. The van der Waals surface area contributed by atoms with E-state index in [9.17, 15) is 27.2 Å². The lowest BCUT2D eigenvalue weighted by molar-refractivity contribution is -0.137. The minimum atomic E-state index is -4.66. The van der Waals surface area contributed by atoms with Crippen LogP contribution in [0.25, 0.3) is 0 Å². The number of halogens is 4. The first-order valence-electron chi connectivity index (χ1n) is 4.45. The van der Waals surface area contributed by atoms with Crippen molar-refractivity contribution in [1.82, 2.24) is 5.32 Å². The summed E-state index contributed by atoms with van der Waals surface area (Å²) in [6.07, 6.45) is -4.32. The molecule has 1 aromatic rings. The van der Waals surface area contributed by atoms with Crippen LogP contribution in [-0.2, 0) is 11.0 Å². The van der Waals surface area contributed by atoms with Crippen LogP contribution in [0, 0.1) is 5.82 Å². The van der Waals surface area contributed by atoms with E-state index in [-0.39, 0.29) is 0 Å². The van der Waals surface area contributed by atoms with Gasteiger partial charge in [-0.25, -0.2) is 4.39 Å². The van der Waals surface area contributed by atoms with Gasteiger partial charge in [0.25, 0.3) is 5.91 Å². The van der Waals surface area contributed by atoms with Crippen molar-refractivity contribution in [2.24, 2.45) is 0 Å². The smallest absolute Gasteiger partial charge is 0.345 e. The van der Waals surface area contributed by atoms with E-state index in [0.29, 0.717) is 24.5 Å². The zero-order valence-electron chi connectivity index (χ0n) is 8.34. The predicted octanol–water partition coefficient (Wildman–Crippen LogP) is 1.77. The first kappa shape index (κ1) is 13.1. The van der Waals surface area contributed by atoms with Gasteiger partial charge in [0.05, 0.1) is 17.7 Å². The topological polar surface area (TPSA) is 46.2 Å². The van der Waals surface area contributed by atoms with E-state index in [1.54, 1.807) is 0 Å². The summed E-state index contributed by atoms with van der Waals surface area (Å²) in [5.74, 6) is -2.15. The molecule has 0 unspecified atom stereocenters. The fourth-order valence-corrected chi connectivity index (χ4v) is 1.11. The Morgan fingerprint density at radius 1 is 1.35 bits per heavy atom. The van der Waals surface area contributed by atoms with Crippen LogP contribution < -0.4 is 5.32 Å². The van der Waals surface area contributed by atoms with Crippen LogP contribution in [0.4, 0.5) is 17.6 Å². The van der Waals surface area contributed by atoms with E-state index in [0.717, 1.165) is 0 Å². The third kappa shape index (κ3) is 3.27. The van der Waals surface area contributed by atoms with Crippen LogP contribution in [0.15, 0.2) is 18.2 Å². The first-order valence-corrected chi connectivity index (χ1v) is 4.45. The molecule has 1 aromatic carbocycles. The summed E-state index contributed by atoms with van der Waals surface area (Å²) in [4.78, 5) is 21.2. The zero-order chi connectivity index (χ0) is 13.1. The molecule has 92 valence electrons. The van der Waals surface area contributed by atoms with Crippen molar-refractivity contribution >= 4 is 12.2 Å². The molecular weight excluding hydrogens is 242 g/mol. The SMILES string of the molecule is O=CCNC(=O)c1cc(C(F)(F)F)ccc1F. The highest BCUT2D eigenvalue weighted by molar-refractivity contribution is 5.95. The van der Waals surface area contributed by atoms with Gasteiger partial charge in [-0.2, -0.15) is 13.2 Å². The van der Waals surface area contributed by atoms with Crippen LogP contribution >= 0.6 is 0 Å². The molecule has 17 heavy (non-hydrogen) atoms. The molecule has 1 amide bonds.